The van der Waals surface area contributed by atoms with Gasteiger partial charge in [0.1, 0.15) is 28.7 Å². The van der Waals surface area contributed by atoms with Gasteiger partial charge in [0.15, 0.2) is 11.5 Å². The lowest BCUT2D eigenvalue weighted by atomic mass is 9.93. The first-order valence-electron chi connectivity index (χ1n) is 15.4. The summed E-state index contributed by atoms with van der Waals surface area (Å²) in [5.41, 5.74) is 1.29. The van der Waals surface area contributed by atoms with E-state index in [0.717, 1.165) is 62.4 Å². The lowest BCUT2D eigenvalue weighted by Crippen LogP contribution is -2.51. The number of rotatable bonds is 8. The summed E-state index contributed by atoms with van der Waals surface area (Å²) in [7, 11) is 1.95. The Morgan fingerprint density at radius 2 is 1.93 bits per heavy atom. The second kappa shape index (κ2) is 10.9. The maximum Gasteiger partial charge on any atom is 0.320 e. The molecule has 2 bridgehead atoms. The molecule has 1 aliphatic carbocycles. The molecule has 1 saturated carbocycles. The molecule has 45 heavy (non-hydrogen) atoms. The van der Waals surface area contributed by atoms with Gasteiger partial charge < -0.3 is 29.4 Å². The summed E-state index contributed by atoms with van der Waals surface area (Å²) >= 11 is 0. The summed E-state index contributed by atoms with van der Waals surface area (Å²) in [6.07, 6.45) is 15.2. The number of benzene rings is 2. The number of terminal acetylenes is 1. The predicted octanol–water partition coefficient (Wildman–Crippen LogP) is 4.62. The smallest absolute Gasteiger partial charge is 0.320 e. The highest BCUT2D eigenvalue weighted by Gasteiger charge is 2.36. The molecule has 3 fully saturated rings. The van der Waals surface area contributed by atoms with Crippen molar-refractivity contribution in [2.45, 2.75) is 56.7 Å². The van der Waals surface area contributed by atoms with Crippen LogP contribution < -0.4 is 19.7 Å². The van der Waals surface area contributed by atoms with Gasteiger partial charge in [0.05, 0.1) is 12.2 Å². The zero-order valence-corrected chi connectivity index (χ0v) is 24.9. The van der Waals surface area contributed by atoms with E-state index in [-0.39, 0.29) is 35.1 Å². The molecule has 2 N–H and O–H groups in total. The van der Waals surface area contributed by atoms with Crippen molar-refractivity contribution in [3.8, 4) is 35.9 Å². The Morgan fingerprint density at radius 3 is 2.64 bits per heavy atom. The van der Waals surface area contributed by atoms with Crippen molar-refractivity contribution < 1.29 is 19.0 Å². The average Bonchev–Trinajstić information content (AvgIpc) is 3.68. The summed E-state index contributed by atoms with van der Waals surface area (Å²) < 4.78 is 31.5. The minimum absolute atomic E-state index is 0.0291. The number of aromatic hydroxyl groups is 1. The monoisotopic (exact) mass is 608 g/mol. The minimum atomic E-state index is -0.540. The first-order valence-corrected chi connectivity index (χ1v) is 15.4. The number of ether oxygens (including phenoxy) is 2. The molecule has 2 atom stereocenters. The highest BCUT2D eigenvalue weighted by Crippen LogP contribution is 2.44. The number of phenolic OH excluding ortho intramolecular Hbond substituents is 1. The van der Waals surface area contributed by atoms with Crippen LogP contribution in [0, 0.1) is 18.2 Å². The van der Waals surface area contributed by atoms with Gasteiger partial charge in [0.25, 0.3) is 0 Å². The lowest BCUT2D eigenvalue weighted by molar-refractivity contribution is 0.286. The van der Waals surface area contributed by atoms with E-state index >= 15 is 0 Å². The molecule has 2 unspecified atom stereocenters. The van der Waals surface area contributed by atoms with Crippen molar-refractivity contribution in [2.24, 2.45) is 7.05 Å². The number of aromatic nitrogens is 6. The van der Waals surface area contributed by atoms with Crippen molar-refractivity contribution in [1.82, 2.24) is 34.4 Å². The second-order valence-corrected chi connectivity index (χ2v) is 12.2. The van der Waals surface area contributed by atoms with Crippen LogP contribution in [0.15, 0.2) is 36.7 Å². The molecule has 230 valence electrons. The van der Waals surface area contributed by atoms with Crippen LogP contribution in [0.25, 0.3) is 21.9 Å². The van der Waals surface area contributed by atoms with Crippen LogP contribution in [0.3, 0.4) is 0 Å². The number of nitrogens with one attached hydrogen (secondary N) is 1. The van der Waals surface area contributed by atoms with Gasteiger partial charge in [-0.1, -0.05) is 12.0 Å². The molecule has 0 radical (unpaired) electrons. The van der Waals surface area contributed by atoms with Crippen LogP contribution in [-0.4, -0.2) is 66.0 Å². The van der Waals surface area contributed by atoms with Gasteiger partial charge >= 0.3 is 12.0 Å². The van der Waals surface area contributed by atoms with Crippen molar-refractivity contribution >= 4 is 27.8 Å². The van der Waals surface area contributed by atoms with E-state index in [2.05, 4.69) is 25.7 Å². The Balaban J connectivity index is 1.25. The van der Waals surface area contributed by atoms with Crippen molar-refractivity contribution in [2.75, 3.05) is 24.6 Å². The number of imidazole rings is 2. The molecule has 8 rings (SSSR count). The fourth-order valence-corrected chi connectivity index (χ4v) is 6.83. The fourth-order valence-electron chi connectivity index (χ4n) is 6.83. The van der Waals surface area contributed by atoms with Gasteiger partial charge in [-0.05, 0) is 49.6 Å². The first kappa shape index (κ1) is 27.6. The Morgan fingerprint density at radius 1 is 1.11 bits per heavy atom. The Kier molecular flexibility index (Phi) is 6.71. The van der Waals surface area contributed by atoms with E-state index in [0.29, 0.717) is 41.5 Å². The number of nitrogens with zero attached hydrogens (tertiary/aromatic N) is 7. The van der Waals surface area contributed by atoms with Crippen molar-refractivity contribution in [1.29, 1.82) is 0 Å². The lowest BCUT2D eigenvalue weighted by Gasteiger charge is -2.35. The number of fused-ring (bicyclic) bond motifs is 4. The third-order valence-electron chi connectivity index (χ3n) is 9.27. The van der Waals surface area contributed by atoms with E-state index in [1.165, 1.54) is 18.2 Å². The number of aryl methyl sites for hydroxylation is 1. The molecule has 5 heterocycles. The Bertz CT molecular complexity index is 1960. The maximum absolute atomic E-state index is 14.8. The molecule has 11 nitrogen and oxygen atoms in total. The normalized spacial score (nSPS) is 19.6. The third-order valence-corrected chi connectivity index (χ3v) is 9.27. The van der Waals surface area contributed by atoms with E-state index in [1.54, 1.807) is 12.3 Å². The largest absolute Gasteiger partial charge is 0.508 e. The van der Waals surface area contributed by atoms with Crippen molar-refractivity contribution in [3.05, 3.63) is 53.9 Å². The molecule has 2 aliphatic heterocycles. The molecule has 0 spiro atoms. The minimum Gasteiger partial charge on any atom is -0.508 e. The van der Waals surface area contributed by atoms with E-state index in [9.17, 15) is 9.50 Å². The molecule has 3 aliphatic rings. The van der Waals surface area contributed by atoms with Gasteiger partial charge in [0, 0.05) is 68.5 Å². The quantitative estimate of drug-likeness (QED) is 0.244. The molecule has 0 amide bonds. The zero-order chi connectivity index (χ0) is 30.7. The molecule has 12 heteroatoms. The van der Waals surface area contributed by atoms with Crippen LogP contribution in [0.1, 0.15) is 49.5 Å². The number of piperazine rings is 1. The highest BCUT2D eigenvalue weighted by atomic mass is 19.1. The topological polar surface area (TPSA) is 115 Å². The summed E-state index contributed by atoms with van der Waals surface area (Å²) in [4.78, 5) is 21.3. The molecular weight excluding hydrogens is 575 g/mol. The van der Waals surface area contributed by atoms with Gasteiger partial charge in [-0.3, -0.25) is 4.57 Å². The Labute approximate surface area is 259 Å². The predicted molar refractivity (Wildman–Crippen MR) is 166 cm³/mol. The number of halogens is 1. The third kappa shape index (κ3) is 4.88. The van der Waals surface area contributed by atoms with Crippen LogP contribution in [0.4, 0.5) is 10.2 Å². The molecule has 2 saturated heterocycles. The number of phenols is 1. The SMILES string of the molecule is C#Cc1c(F)ccc2cc(O)cc(Oc3nc4nc(OCCc5nccn5C)nc(N5CC6CCC(C5)N6)c4n3C3CCC3)c12. The van der Waals surface area contributed by atoms with Gasteiger partial charge in [-0.2, -0.15) is 15.0 Å². The van der Waals surface area contributed by atoms with Crippen LogP contribution in [-0.2, 0) is 13.5 Å². The fraction of sp³-hybridized carbons (Fsp3) is 0.394. The summed E-state index contributed by atoms with van der Waals surface area (Å²) in [5, 5.41) is 15.2. The molecular formula is C33H33FN8O3. The standard InChI is InChI=1S/C33H33FN8O3/c1-3-24-25(34)10-7-19-15-23(43)16-26(28(19)24)45-33-38-30-29(42(33)22-5-4-6-22)31(41-17-20-8-9-21(18-41)36-20)39-32(37-30)44-14-11-27-35-12-13-40(27)2/h1,7,10,12-13,15-16,20-22,36,43H,4-6,8-9,11,14,17-18H2,2H3. The van der Waals surface area contributed by atoms with Crippen molar-refractivity contribution in [3.63, 3.8) is 0 Å². The summed E-state index contributed by atoms with van der Waals surface area (Å²) in [6, 6.07) is 7.25. The molecule has 2 aromatic carbocycles. The van der Waals surface area contributed by atoms with Crippen LogP contribution in [0.2, 0.25) is 0 Å². The second-order valence-electron chi connectivity index (χ2n) is 12.2. The number of hydrogen-bond acceptors (Lipinski definition) is 9. The van der Waals surface area contributed by atoms with Crippen LogP contribution in [0.5, 0.6) is 23.5 Å². The zero-order valence-electron chi connectivity index (χ0n) is 24.9. The number of anilines is 1. The maximum atomic E-state index is 14.8. The summed E-state index contributed by atoms with van der Waals surface area (Å²) in [5.74, 6) is 3.77. The van der Waals surface area contributed by atoms with E-state index in [1.807, 2.05) is 17.8 Å². The van der Waals surface area contributed by atoms with E-state index < -0.39 is 5.82 Å². The average molecular weight is 609 g/mol. The van der Waals surface area contributed by atoms with E-state index in [4.69, 9.17) is 30.8 Å². The Hall–Kier alpha value is -4.89. The van der Waals surface area contributed by atoms with Gasteiger partial charge in [-0.25, -0.2) is 9.37 Å². The molecule has 3 aromatic heterocycles. The highest BCUT2D eigenvalue weighted by molar-refractivity contribution is 5.95. The van der Waals surface area contributed by atoms with Gasteiger partial charge in [0.2, 0.25) is 0 Å². The first-order chi connectivity index (χ1) is 21.9. The van der Waals surface area contributed by atoms with Gasteiger partial charge in [-0.15, -0.1) is 6.42 Å². The van der Waals surface area contributed by atoms with Crippen LogP contribution >= 0.6 is 0 Å². The summed E-state index contributed by atoms with van der Waals surface area (Å²) in [6.45, 7) is 1.97. The molecule has 5 aromatic rings. The number of hydrogen-bond donors (Lipinski definition) is 2.